The number of likely N-dealkylation sites (tertiary alicyclic amines) is 1. The molecule has 8 N–H and O–H groups in total. The van der Waals surface area contributed by atoms with Crippen molar-refractivity contribution in [1.29, 1.82) is 0 Å². The van der Waals surface area contributed by atoms with E-state index in [9.17, 15) is 43.8 Å². The number of unbranched alkanes of at least 4 members (excludes halogenated alkanes) is 1. The minimum Gasteiger partial charge on any atom is -0.481 e. The average molecular weight is 530 g/mol. The molecule has 0 radical (unpaired) electrons. The zero-order chi connectivity index (χ0) is 28.5. The summed E-state index contributed by atoms with van der Waals surface area (Å²) in [7, 11) is 0. The van der Waals surface area contributed by atoms with E-state index in [1.54, 1.807) is 0 Å². The largest absolute Gasteiger partial charge is 0.481 e. The Morgan fingerprint density at radius 1 is 1.08 bits per heavy atom. The zero-order valence-electron chi connectivity index (χ0n) is 20.8. The first-order chi connectivity index (χ1) is 17.3. The van der Waals surface area contributed by atoms with Crippen molar-refractivity contribution in [3.8, 4) is 0 Å². The highest BCUT2D eigenvalue weighted by molar-refractivity contribution is 6.11. The molecule has 15 heteroatoms. The summed E-state index contributed by atoms with van der Waals surface area (Å²) in [4.78, 5) is 89.2. The topological polar surface area (TPSA) is 251 Å². The lowest BCUT2D eigenvalue weighted by Crippen LogP contribution is -2.64. The molecule has 1 heterocycles. The van der Waals surface area contributed by atoms with E-state index in [4.69, 9.17) is 16.6 Å². The zero-order valence-corrected chi connectivity index (χ0v) is 20.8. The predicted molar refractivity (Wildman–Crippen MR) is 125 cm³/mol. The monoisotopic (exact) mass is 529 g/mol. The number of nitrogens with one attached hydrogen (secondary N) is 1. The maximum atomic E-state index is 13.7. The van der Waals surface area contributed by atoms with Crippen LogP contribution in [0.3, 0.4) is 0 Å². The van der Waals surface area contributed by atoms with Crippen LogP contribution in [0.25, 0.3) is 0 Å². The minimum atomic E-state index is -2.18. The molecule has 4 atom stereocenters. The van der Waals surface area contributed by atoms with Gasteiger partial charge in [-0.15, -0.1) is 0 Å². The van der Waals surface area contributed by atoms with Gasteiger partial charge in [0.15, 0.2) is 11.3 Å². The van der Waals surface area contributed by atoms with Crippen LogP contribution < -0.4 is 16.8 Å². The number of carboxylic acids is 2. The average Bonchev–Trinajstić information content (AvgIpc) is 3.28. The molecule has 0 unspecified atom stereocenters. The summed E-state index contributed by atoms with van der Waals surface area (Å²) in [6.45, 7) is 1.24. The molecule has 1 rings (SSSR count). The number of rotatable bonds is 14. The Balaban J connectivity index is 3.54. The minimum absolute atomic E-state index is 0.126. The first-order valence-corrected chi connectivity index (χ1v) is 11.7. The van der Waals surface area contributed by atoms with Crippen molar-refractivity contribution in [1.82, 2.24) is 15.1 Å². The summed E-state index contributed by atoms with van der Waals surface area (Å²) in [5.74, 6) is -8.16. The molecular weight excluding hydrogens is 494 g/mol. The fourth-order valence-electron chi connectivity index (χ4n) is 4.31. The van der Waals surface area contributed by atoms with Crippen LogP contribution in [0, 0.1) is 0 Å². The van der Waals surface area contributed by atoms with Gasteiger partial charge in [-0.3, -0.25) is 33.7 Å². The summed E-state index contributed by atoms with van der Waals surface area (Å²) in [6, 6.07) is -4.94. The summed E-state index contributed by atoms with van der Waals surface area (Å²) in [5, 5.41) is 30.3. The molecule has 37 heavy (non-hydrogen) atoms. The number of carbonyl (C=O) groups excluding carboxylic acids is 5. The molecule has 0 bridgehead atoms. The van der Waals surface area contributed by atoms with Crippen LogP contribution in [0.15, 0.2) is 0 Å². The van der Waals surface area contributed by atoms with Crippen molar-refractivity contribution in [2.75, 3.05) is 19.7 Å². The van der Waals surface area contributed by atoms with Gasteiger partial charge in [0.2, 0.25) is 17.7 Å². The van der Waals surface area contributed by atoms with Crippen LogP contribution in [0.1, 0.15) is 52.4 Å². The molecule has 1 fully saturated rings. The van der Waals surface area contributed by atoms with Gasteiger partial charge in [-0.2, -0.15) is 0 Å². The Labute approximate surface area is 213 Å². The highest BCUT2D eigenvalue weighted by Gasteiger charge is 2.56. The number of nitrogens with two attached hydrogens (primary N) is 2. The lowest BCUT2D eigenvalue weighted by molar-refractivity contribution is -0.166. The van der Waals surface area contributed by atoms with E-state index in [0.29, 0.717) is 11.3 Å². The van der Waals surface area contributed by atoms with E-state index in [0.717, 1.165) is 18.7 Å². The summed E-state index contributed by atoms with van der Waals surface area (Å²) >= 11 is 0. The van der Waals surface area contributed by atoms with Crippen molar-refractivity contribution >= 4 is 41.4 Å². The van der Waals surface area contributed by atoms with Gasteiger partial charge in [0, 0.05) is 13.5 Å². The lowest BCUT2D eigenvalue weighted by Gasteiger charge is -2.38. The van der Waals surface area contributed by atoms with E-state index in [1.165, 1.54) is 0 Å². The molecule has 0 aromatic heterocycles. The Morgan fingerprint density at radius 2 is 1.70 bits per heavy atom. The van der Waals surface area contributed by atoms with Crippen molar-refractivity contribution in [3.05, 3.63) is 0 Å². The third-order valence-electron chi connectivity index (χ3n) is 6.22. The highest BCUT2D eigenvalue weighted by Crippen LogP contribution is 2.33. The number of carboxylic acid groups (broad SMARTS) is 2. The van der Waals surface area contributed by atoms with Crippen molar-refractivity contribution in [2.24, 2.45) is 11.5 Å². The van der Waals surface area contributed by atoms with E-state index in [-0.39, 0.29) is 38.8 Å². The fourth-order valence-corrected chi connectivity index (χ4v) is 4.31. The van der Waals surface area contributed by atoms with Crippen molar-refractivity contribution in [3.63, 3.8) is 0 Å². The van der Waals surface area contributed by atoms with Crippen molar-refractivity contribution in [2.45, 2.75) is 76.0 Å². The molecule has 4 amide bonds. The van der Waals surface area contributed by atoms with E-state index in [1.807, 2.05) is 0 Å². The van der Waals surface area contributed by atoms with Crippen LogP contribution >= 0.6 is 0 Å². The van der Waals surface area contributed by atoms with Crippen LogP contribution in [0.2, 0.25) is 0 Å². The van der Waals surface area contributed by atoms with Crippen LogP contribution in [0.4, 0.5) is 0 Å². The van der Waals surface area contributed by atoms with Gasteiger partial charge in [-0.05, 0) is 45.6 Å². The van der Waals surface area contributed by atoms with Gasteiger partial charge in [-0.1, -0.05) is 0 Å². The van der Waals surface area contributed by atoms with Crippen LogP contribution in [0.5, 0.6) is 0 Å². The summed E-state index contributed by atoms with van der Waals surface area (Å²) in [6.07, 6.45) is -0.520. The first-order valence-electron chi connectivity index (χ1n) is 11.7. The molecule has 1 aliphatic heterocycles. The molecular formula is C22H35N5O10. The molecule has 1 saturated heterocycles. The Kier molecular flexibility index (Phi) is 11.8. The molecule has 208 valence electrons. The number of aliphatic hydroxyl groups excluding tert-OH is 1. The second kappa shape index (κ2) is 13.8. The number of hydrogen-bond donors (Lipinski definition) is 6. The Bertz CT molecular complexity index is 910. The van der Waals surface area contributed by atoms with Gasteiger partial charge < -0.3 is 37.0 Å². The van der Waals surface area contributed by atoms with Gasteiger partial charge in [0.25, 0.3) is 5.91 Å². The number of carbonyl (C=O) groups is 7. The highest BCUT2D eigenvalue weighted by atomic mass is 16.4. The summed E-state index contributed by atoms with van der Waals surface area (Å²) in [5.41, 5.74) is 8.77. The smallest absolute Gasteiger partial charge is 0.337 e. The number of ketones is 1. The van der Waals surface area contributed by atoms with E-state index in [2.05, 4.69) is 5.32 Å². The van der Waals surface area contributed by atoms with Crippen LogP contribution in [-0.2, 0) is 33.6 Å². The third kappa shape index (κ3) is 7.30. The quantitative estimate of drug-likeness (QED) is 0.0984. The molecule has 0 aromatic carbocycles. The molecule has 1 aliphatic rings. The van der Waals surface area contributed by atoms with Gasteiger partial charge >= 0.3 is 11.9 Å². The van der Waals surface area contributed by atoms with E-state index < -0.39 is 78.0 Å². The number of Topliss-reactive ketones (excluding diaryl/α,β-unsaturated/α-hetero) is 1. The number of hydrogen-bond acceptors (Lipinski definition) is 10. The molecule has 0 aromatic rings. The normalized spacial score (nSPS) is 19.4. The van der Waals surface area contributed by atoms with Gasteiger partial charge in [0.1, 0.15) is 18.1 Å². The number of amides is 4. The summed E-state index contributed by atoms with van der Waals surface area (Å²) < 4.78 is 0. The van der Waals surface area contributed by atoms with E-state index >= 15 is 0 Å². The number of aliphatic hydroxyl groups is 1. The maximum Gasteiger partial charge on any atom is 0.337 e. The maximum absolute atomic E-state index is 13.7. The third-order valence-corrected chi connectivity index (χ3v) is 6.22. The van der Waals surface area contributed by atoms with Gasteiger partial charge in [-0.25, -0.2) is 4.79 Å². The van der Waals surface area contributed by atoms with Crippen LogP contribution in [-0.4, -0.2) is 110 Å². The predicted octanol–water partition coefficient (Wildman–Crippen LogP) is -2.83. The second-order valence-corrected chi connectivity index (χ2v) is 8.79. The SMILES string of the molecule is CC(=O)N(C(=O)[C@H](CC(=O)O)NC(=O)[C@@H](N)CO)[C@@H](CCCCN)C(=O)N1CCC[C@@]1(C(C)=O)C(=O)O. The number of aliphatic carboxylic acids is 2. The number of nitrogens with zero attached hydrogens (tertiary/aromatic N) is 2. The molecule has 15 nitrogen and oxygen atoms in total. The lowest BCUT2D eigenvalue weighted by atomic mass is 9.90. The Morgan fingerprint density at radius 3 is 2.16 bits per heavy atom. The standard InChI is InChI=1S/C22H35N5O10/c1-12(29)22(21(36)37)7-5-9-26(22)20(35)16(6-3-4-8-23)27(13(2)30)19(34)15(10-17(31)32)25-18(33)14(24)11-28/h14-16,28H,3-11,23-24H2,1-2H3,(H,25,33)(H,31,32)(H,36,37)/t14-,15-,16-,22+/m0/s1. The molecule has 0 saturated carbocycles. The molecule has 0 spiro atoms. The van der Waals surface area contributed by atoms with Gasteiger partial charge in [0.05, 0.1) is 13.0 Å². The van der Waals surface area contributed by atoms with Crippen molar-refractivity contribution < 1.29 is 48.9 Å². The number of imide groups is 1. The second-order valence-electron chi connectivity index (χ2n) is 8.79. The molecule has 0 aliphatic carbocycles. The first kappa shape index (κ1) is 31.6. The Hall–Kier alpha value is -3.43. The fraction of sp³-hybridized carbons (Fsp3) is 0.682.